The Bertz CT molecular complexity index is 459. The number of benzene rings is 1. The summed E-state index contributed by atoms with van der Waals surface area (Å²) in [6.07, 6.45) is 2.91. The van der Waals surface area contributed by atoms with E-state index >= 15 is 0 Å². The van der Waals surface area contributed by atoms with Gasteiger partial charge in [0.25, 0.3) is 0 Å². The molecule has 1 aromatic carbocycles. The molecule has 0 aliphatic carbocycles. The lowest BCUT2D eigenvalue weighted by molar-refractivity contribution is -0.657. The van der Waals surface area contributed by atoms with Crippen LogP contribution >= 0.6 is 0 Å². The molecule has 2 aromatic rings. The highest BCUT2D eigenvalue weighted by atomic mass is 16.1. The van der Waals surface area contributed by atoms with Crippen LogP contribution < -0.4 is 4.57 Å². The number of aldehydes is 1. The van der Waals surface area contributed by atoms with Crippen molar-refractivity contribution in [2.24, 2.45) is 0 Å². The zero-order valence-electron chi connectivity index (χ0n) is 8.18. The first-order chi connectivity index (χ1) is 6.86. The summed E-state index contributed by atoms with van der Waals surface area (Å²) in [4.78, 5) is 10.5. The molecule has 3 heteroatoms. The molecule has 0 aliphatic heterocycles. The monoisotopic (exact) mass is 189 g/mol. The third kappa shape index (κ3) is 1.31. The summed E-state index contributed by atoms with van der Waals surface area (Å²) in [7, 11) is 0. The van der Waals surface area contributed by atoms with Gasteiger partial charge in [-0.25, -0.2) is 9.13 Å². The minimum Gasteiger partial charge on any atom is -0.299 e. The van der Waals surface area contributed by atoms with E-state index in [-0.39, 0.29) is 0 Å². The van der Waals surface area contributed by atoms with Gasteiger partial charge in [-0.2, -0.15) is 0 Å². The van der Waals surface area contributed by atoms with Gasteiger partial charge >= 0.3 is 0 Å². The van der Waals surface area contributed by atoms with Crippen LogP contribution in [0, 0.1) is 0 Å². The molecule has 0 spiro atoms. The normalized spacial score (nSPS) is 10.6. The molecule has 3 nitrogen and oxygen atoms in total. The van der Waals surface area contributed by atoms with E-state index in [1.54, 1.807) is 0 Å². The summed E-state index contributed by atoms with van der Waals surface area (Å²) in [5.41, 5.74) is 2.29. The maximum Gasteiger partial charge on any atom is 0.245 e. The van der Waals surface area contributed by atoms with Crippen LogP contribution in [0.4, 0.5) is 0 Å². The van der Waals surface area contributed by atoms with Gasteiger partial charge in [0.1, 0.15) is 6.54 Å². The molecule has 1 heterocycles. The molecular weight excluding hydrogens is 176 g/mol. The minimum atomic E-state index is 0.424. The first kappa shape index (κ1) is 8.94. The summed E-state index contributed by atoms with van der Waals surface area (Å²) in [5, 5.41) is 0. The van der Waals surface area contributed by atoms with Crippen molar-refractivity contribution in [2.75, 3.05) is 0 Å². The van der Waals surface area contributed by atoms with Crippen molar-refractivity contribution in [1.82, 2.24) is 4.57 Å². The maximum atomic E-state index is 10.5. The second-order valence-electron chi connectivity index (χ2n) is 3.21. The zero-order chi connectivity index (χ0) is 9.97. The Labute approximate surface area is 82.6 Å². The van der Waals surface area contributed by atoms with E-state index < -0.39 is 0 Å². The molecule has 0 radical (unpaired) electrons. The maximum absolute atomic E-state index is 10.5. The van der Waals surface area contributed by atoms with E-state index in [1.807, 2.05) is 29.1 Å². The average molecular weight is 189 g/mol. The molecule has 0 bridgehead atoms. The number of hydrogen-bond acceptors (Lipinski definition) is 1. The summed E-state index contributed by atoms with van der Waals surface area (Å²) in [6.45, 7) is 3.44. The van der Waals surface area contributed by atoms with Crippen molar-refractivity contribution < 1.29 is 9.36 Å². The van der Waals surface area contributed by atoms with Gasteiger partial charge in [0.15, 0.2) is 17.3 Å². The largest absolute Gasteiger partial charge is 0.299 e. The molecule has 2 rings (SSSR count). The molecule has 0 saturated carbocycles. The summed E-state index contributed by atoms with van der Waals surface area (Å²) in [6, 6.07) is 8.11. The molecule has 0 fully saturated rings. The fourth-order valence-electron chi connectivity index (χ4n) is 1.72. The number of carbonyl (C=O) groups is 1. The van der Waals surface area contributed by atoms with Gasteiger partial charge in [-0.1, -0.05) is 12.1 Å². The average Bonchev–Trinajstić information content (AvgIpc) is 2.58. The summed E-state index contributed by atoms with van der Waals surface area (Å²) >= 11 is 0. The molecule has 0 N–H and O–H groups in total. The van der Waals surface area contributed by atoms with Crippen LogP contribution in [0.3, 0.4) is 0 Å². The lowest BCUT2D eigenvalue weighted by atomic mass is 10.3. The van der Waals surface area contributed by atoms with Gasteiger partial charge in [-0.05, 0) is 19.1 Å². The Kier molecular flexibility index (Phi) is 2.31. The topological polar surface area (TPSA) is 25.9 Å². The summed E-state index contributed by atoms with van der Waals surface area (Å²) in [5.74, 6) is 0. The lowest BCUT2D eigenvalue weighted by Crippen LogP contribution is -2.32. The number of fused-ring (bicyclic) bond motifs is 1. The van der Waals surface area contributed by atoms with E-state index in [4.69, 9.17) is 0 Å². The number of carbonyl (C=O) groups excluding carboxylic acids is 1. The van der Waals surface area contributed by atoms with Crippen molar-refractivity contribution in [3.05, 3.63) is 30.6 Å². The number of rotatable bonds is 3. The molecule has 0 atom stereocenters. The van der Waals surface area contributed by atoms with E-state index in [0.29, 0.717) is 6.54 Å². The van der Waals surface area contributed by atoms with Gasteiger partial charge in [0.2, 0.25) is 6.33 Å². The fraction of sp³-hybridized carbons (Fsp3) is 0.273. The first-order valence-corrected chi connectivity index (χ1v) is 4.77. The Morgan fingerprint density at radius 1 is 1.43 bits per heavy atom. The third-order valence-corrected chi connectivity index (χ3v) is 2.39. The number of aromatic nitrogens is 2. The fourth-order valence-corrected chi connectivity index (χ4v) is 1.72. The molecule has 0 aliphatic rings. The highest BCUT2D eigenvalue weighted by Gasteiger charge is 2.12. The quantitative estimate of drug-likeness (QED) is 0.525. The van der Waals surface area contributed by atoms with Crippen molar-refractivity contribution >= 4 is 17.3 Å². The Morgan fingerprint density at radius 2 is 2.21 bits per heavy atom. The van der Waals surface area contributed by atoms with Crippen molar-refractivity contribution in [3.8, 4) is 0 Å². The number of aryl methyl sites for hydroxylation is 1. The number of hydrogen-bond donors (Lipinski definition) is 0. The van der Waals surface area contributed by atoms with E-state index in [9.17, 15) is 4.79 Å². The number of nitrogens with zero attached hydrogens (tertiary/aromatic N) is 2. The second-order valence-corrected chi connectivity index (χ2v) is 3.21. The zero-order valence-corrected chi connectivity index (χ0v) is 8.18. The van der Waals surface area contributed by atoms with Crippen LogP contribution in [-0.2, 0) is 17.9 Å². The molecule has 0 saturated heterocycles. The van der Waals surface area contributed by atoms with E-state index in [1.165, 1.54) is 5.52 Å². The first-order valence-electron chi connectivity index (χ1n) is 4.77. The summed E-state index contributed by atoms with van der Waals surface area (Å²) < 4.78 is 4.10. The van der Waals surface area contributed by atoms with Gasteiger partial charge < -0.3 is 0 Å². The van der Waals surface area contributed by atoms with Crippen molar-refractivity contribution in [2.45, 2.75) is 20.0 Å². The highest BCUT2D eigenvalue weighted by Crippen LogP contribution is 2.09. The lowest BCUT2D eigenvalue weighted by Gasteiger charge is -1.88. The second kappa shape index (κ2) is 3.62. The number of imidazole rings is 1. The smallest absolute Gasteiger partial charge is 0.245 e. The van der Waals surface area contributed by atoms with Crippen LogP contribution in [0.1, 0.15) is 6.92 Å². The molecule has 72 valence electrons. The molecule has 0 unspecified atom stereocenters. The van der Waals surface area contributed by atoms with Crippen LogP contribution in [0.5, 0.6) is 0 Å². The Balaban J connectivity index is 2.66. The Hall–Kier alpha value is -1.64. The SMILES string of the molecule is CCn1c[n+](CC=O)c2ccccc21. The van der Waals surface area contributed by atoms with Crippen LogP contribution in [0.2, 0.25) is 0 Å². The molecule has 14 heavy (non-hydrogen) atoms. The molecule has 0 amide bonds. The van der Waals surface area contributed by atoms with E-state index in [0.717, 1.165) is 18.3 Å². The van der Waals surface area contributed by atoms with Gasteiger partial charge in [0, 0.05) is 0 Å². The van der Waals surface area contributed by atoms with Gasteiger partial charge in [0.05, 0.1) is 6.54 Å². The van der Waals surface area contributed by atoms with E-state index in [2.05, 4.69) is 17.6 Å². The molecular formula is C11H13N2O+. The van der Waals surface area contributed by atoms with Crippen molar-refractivity contribution in [3.63, 3.8) is 0 Å². The van der Waals surface area contributed by atoms with Crippen molar-refractivity contribution in [1.29, 1.82) is 0 Å². The highest BCUT2D eigenvalue weighted by molar-refractivity contribution is 5.71. The standard InChI is InChI=1S/C11H13N2O/c1-2-12-9-13(7-8-14)11-6-4-3-5-10(11)12/h3-6,8-9H,2,7H2,1H3/q+1. The van der Waals surface area contributed by atoms with Crippen LogP contribution in [0.25, 0.3) is 11.0 Å². The van der Waals surface area contributed by atoms with Gasteiger partial charge in [-0.3, -0.25) is 4.79 Å². The van der Waals surface area contributed by atoms with Gasteiger partial charge in [-0.15, -0.1) is 0 Å². The predicted molar refractivity (Wildman–Crippen MR) is 53.9 cm³/mol. The number of para-hydroxylation sites is 2. The molecule has 1 aromatic heterocycles. The Morgan fingerprint density at radius 3 is 2.93 bits per heavy atom. The third-order valence-electron chi connectivity index (χ3n) is 2.39. The minimum absolute atomic E-state index is 0.424. The van der Waals surface area contributed by atoms with Crippen LogP contribution in [-0.4, -0.2) is 10.9 Å². The van der Waals surface area contributed by atoms with Crippen LogP contribution in [0.15, 0.2) is 30.6 Å². The predicted octanol–water partition coefficient (Wildman–Crippen LogP) is 1.15.